The zero-order valence-electron chi connectivity index (χ0n) is 28.0. The van der Waals surface area contributed by atoms with Crippen LogP contribution in [-0.2, 0) is 28.4 Å². The van der Waals surface area contributed by atoms with E-state index >= 15 is 0 Å². The predicted molar refractivity (Wildman–Crippen MR) is 173 cm³/mol. The summed E-state index contributed by atoms with van der Waals surface area (Å²) in [5.74, 6) is -0.435. The van der Waals surface area contributed by atoms with Gasteiger partial charge in [-0.05, 0) is 57.5 Å². The number of nitrogens with two attached hydrogens (primary N) is 6. The second-order valence-electron chi connectivity index (χ2n) is 13.7. The van der Waals surface area contributed by atoms with Gasteiger partial charge in [-0.2, -0.15) is 0 Å². The lowest BCUT2D eigenvalue weighted by Gasteiger charge is -2.47. The van der Waals surface area contributed by atoms with E-state index in [4.69, 9.17) is 62.8 Å². The highest BCUT2D eigenvalue weighted by atomic mass is 16.8. The van der Waals surface area contributed by atoms with Gasteiger partial charge in [0, 0.05) is 25.7 Å². The van der Waals surface area contributed by atoms with Gasteiger partial charge in [-0.15, -0.1) is 0 Å². The highest BCUT2D eigenvalue weighted by molar-refractivity contribution is 5.00. The van der Waals surface area contributed by atoms with Gasteiger partial charge in [-0.3, -0.25) is 0 Å². The molecule has 1 unspecified atom stereocenters. The summed E-state index contributed by atoms with van der Waals surface area (Å²) >= 11 is 0. The molecule has 3 heterocycles. The maximum absolute atomic E-state index is 11.7. The van der Waals surface area contributed by atoms with E-state index in [1.54, 1.807) is 0 Å². The molecule has 0 spiro atoms. The fraction of sp³-hybridized carbons (Fsp3) is 1.00. The molecular formula is C30H61N7O12. The molecule has 0 bridgehead atoms. The SMILES string of the molecule is NCCCNC[C@@H]1CC[C@@H](N)[C@@H](O[C@H]2[C@H](O[C@@H]3O[C@H](CO)[C@@H](O[C@H]4O[C@@H](CN)[C@@H](O)[C@H](O)[C@H]4N)[C@H]3O)[C@@H](O)[C@H](CCC(O)CN)C[C@@H]2N)O1. The lowest BCUT2D eigenvalue weighted by atomic mass is 9.77. The first kappa shape index (κ1) is 41.0. The van der Waals surface area contributed by atoms with Crippen molar-refractivity contribution in [3.8, 4) is 0 Å². The number of rotatable bonds is 17. The lowest BCUT2D eigenvalue weighted by molar-refractivity contribution is -0.292. The summed E-state index contributed by atoms with van der Waals surface area (Å²) in [4.78, 5) is 0. The summed E-state index contributed by atoms with van der Waals surface area (Å²) in [7, 11) is 0. The molecule has 1 aliphatic carbocycles. The first-order valence-corrected chi connectivity index (χ1v) is 17.4. The summed E-state index contributed by atoms with van der Waals surface area (Å²) in [6, 6.07) is -2.39. The monoisotopic (exact) mass is 711 g/mol. The second-order valence-corrected chi connectivity index (χ2v) is 13.7. The number of aliphatic hydroxyl groups excluding tert-OH is 6. The summed E-state index contributed by atoms with van der Waals surface area (Å²) in [5.41, 5.74) is 36.0. The standard InChI is InChI=1S/C30H61N7O12/c31-6-1-7-37-11-15-4-5-16(34)28(44-15)47-25-17(35)8-13(2-3-14(39)9-32)21(40)27(25)49-30-24(43)26(19(12-38)46-30)48-29-20(36)23(42)22(41)18(10-33)45-29/h13-30,37-43H,1-12,31-36H2/t13-,14?,15+,16-,17+,18+,19-,20-,21+,22-,23-,24-,25-,26-,27-,28-,29-,30+/m1/s1. The molecule has 4 aliphatic rings. The van der Waals surface area contributed by atoms with Gasteiger partial charge in [-0.25, -0.2) is 0 Å². The van der Waals surface area contributed by atoms with Crippen molar-refractivity contribution < 1.29 is 59.1 Å². The smallest absolute Gasteiger partial charge is 0.187 e. The van der Waals surface area contributed by atoms with Crippen LogP contribution in [0.3, 0.4) is 0 Å². The number of hydrogen-bond acceptors (Lipinski definition) is 19. The Morgan fingerprint density at radius 1 is 0.755 bits per heavy atom. The number of ether oxygens (including phenoxy) is 6. The van der Waals surface area contributed by atoms with Gasteiger partial charge in [0.15, 0.2) is 18.9 Å². The Morgan fingerprint density at radius 3 is 2.12 bits per heavy atom. The molecule has 0 amide bonds. The van der Waals surface area contributed by atoms with E-state index in [1.165, 1.54) is 0 Å². The van der Waals surface area contributed by atoms with Crippen LogP contribution < -0.4 is 39.7 Å². The number of nitrogens with one attached hydrogen (secondary N) is 1. The molecule has 0 radical (unpaired) electrons. The topological polar surface area (TPSA) is 345 Å². The van der Waals surface area contributed by atoms with Crippen LogP contribution in [0.15, 0.2) is 0 Å². The fourth-order valence-corrected chi connectivity index (χ4v) is 6.99. The molecule has 19 heteroatoms. The molecule has 3 saturated heterocycles. The molecule has 1 saturated carbocycles. The number of hydrogen-bond donors (Lipinski definition) is 13. The van der Waals surface area contributed by atoms with Gasteiger partial charge < -0.3 is 98.8 Å². The third kappa shape index (κ3) is 10.2. The Labute approximate surface area is 286 Å². The Bertz CT molecular complexity index is 967. The van der Waals surface area contributed by atoms with Crippen molar-refractivity contribution in [2.75, 3.05) is 39.3 Å². The van der Waals surface area contributed by atoms with Gasteiger partial charge in [-0.1, -0.05) is 0 Å². The van der Waals surface area contributed by atoms with Crippen LogP contribution in [-0.4, -0.2) is 174 Å². The molecule has 19 N–H and O–H groups in total. The van der Waals surface area contributed by atoms with Crippen molar-refractivity contribution in [1.29, 1.82) is 0 Å². The summed E-state index contributed by atoms with van der Waals surface area (Å²) in [6.07, 6.45) is -12.5. The molecule has 49 heavy (non-hydrogen) atoms. The van der Waals surface area contributed by atoms with Crippen LogP contribution in [0, 0.1) is 5.92 Å². The van der Waals surface area contributed by atoms with E-state index in [9.17, 15) is 30.6 Å². The summed E-state index contributed by atoms with van der Waals surface area (Å²) in [5, 5.41) is 67.3. The van der Waals surface area contributed by atoms with E-state index in [0.717, 1.165) is 13.0 Å². The maximum atomic E-state index is 11.7. The molecule has 0 aromatic carbocycles. The minimum atomic E-state index is -1.55. The van der Waals surface area contributed by atoms with Crippen molar-refractivity contribution in [2.45, 2.75) is 143 Å². The van der Waals surface area contributed by atoms with Crippen molar-refractivity contribution in [3.05, 3.63) is 0 Å². The number of aliphatic hydroxyl groups is 6. The highest BCUT2D eigenvalue weighted by Crippen LogP contribution is 2.37. The van der Waals surface area contributed by atoms with Crippen LogP contribution in [0.25, 0.3) is 0 Å². The normalized spacial score (nSPS) is 45.4. The summed E-state index contributed by atoms with van der Waals surface area (Å²) in [6.45, 7) is 1.19. The van der Waals surface area contributed by atoms with E-state index in [1.807, 2.05) is 0 Å². The van der Waals surface area contributed by atoms with Crippen molar-refractivity contribution in [3.63, 3.8) is 0 Å². The van der Waals surface area contributed by atoms with E-state index in [-0.39, 0.29) is 19.2 Å². The largest absolute Gasteiger partial charge is 0.394 e. The Morgan fingerprint density at radius 2 is 1.45 bits per heavy atom. The zero-order chi connectivity index (χ0) is 35.8. The molecule has 0 aromatic rings. The molecule has 3 aliphatic heterocycles. The first-order chi connectivity index (χ1) is 23.4. The van der Waals surface area contributed by atoms with Crippen LogP contribution in [0.2, 0.25) is 0 Å². The van der Waals surface area contributed by atoms with Crippen LogP contribution in [0.1, 0.15) is 38.5 Å². The molecule has 4 rings (SSSR count). The molecule has 288 valence electrons. The van der Waals surface area contributed by atoms with Gasteiger partial charge in [0.05, 0.1) is 37.0 Å². The molecule has 18 atom stereocenters. The fourth-order valence-electron chi connectivity index (χ4n) is 6.99. The molecule has 19 nitrogen and oxygen atoms in total. The Hall–Kier alpha value is -0.760. The van der Waals surface area contributed by atoms with E-state index < -0.39 is 111 Å². The maximum Gasteiger partial charge on any atom is 0.187 e. The van der Waals surface area contributed by atoms with Gasteiger partial charge >= 0.3 is 0 Å². The lowest BCUT2D eigenvalue weighted by Crippen LogP contribution is -2.64. The first-order valence-electron chi connectivity index (χ1n) is 17.4. The average molecular weight is 712 g/mol. The quantitative estimate of drug-likeness (QED) is 0.0624. The van der Waals surface area contributed by atoms with E-state index in [2.05, 4.69) is 5.32 Å². The molecule has 4 fully saturated rings. The van der Waals surface area contributed by atoms with Gasteiger partial charge in [0.2, 0.25) is 0 Å². The minimum Gasteiger partial charge on any atom is -0.394 e. The van der Waals surface area contributed by atoms with Crippen molar-refractivity contribution >= 4 is 0 Å². The van der Waals surface area contributed by atoms with Crippen LogP contribution >= 0.6 is 0 Å². The van der Waals surface area contributed by atoms with Crippen molar-refractivity contribution in [2.24, 2.45) is 40.3 Å². The highest BCUT2D eigenvalue weighted by Gasteiger charge is 2.54. The Balaban J connectivity index is 1.50. The van der Waals surface area contributed by atoms with Crippen LogP contribution in [0.5, 0.6) is 0 Å². The summed E-state index contributed by atoms with van der Waals surface area (Å²) < 4.78 is 36.4. The second kappa shape index (κ2) is 19.4. The Kier molecular flexibility index (Phi) is 16.2. The van der Waals surface area contributed by atoms with Crippen molar-refractivity contribution in [1.82, 2.24) is 5.32 Å². The molecular weight excluding hydrogens is 650 g/mol. The minimum absolute atomic E-state index is 0.0576. The van der Waals surface area contributed by atoms with Gasteiger partial charge in [0.1, 0.15) is 48.8 Å². The van der Waals surface area contributed by atoms with Gasteiger partial charge in [0.25, 0.3) is 0 Å². The third-order valence-corrected chi connectivity index (χ3v) is 10.0. The van der Waals surface area contributed by atoms with E-state index in [0.29, 0.717) is 45.2 Å². The third-order valence-electron chi connectivity index (χ3n) is 10.0. The molecule has 0 aromatic heterocycles. The predicted octanol–water partition coefficient (Wildman–Crippen LogP) is -6.47. The van der Waals surface area contributed by atoms with Crippen LogP contribution in [0.4, 0.5) is 0 Å². The average Bonchev–Trinajstić information content (AvgIpc) is 3.39. The zero-order valence-corrected chi connectivity index (χ0v) is 28.0.